The number of carbonyl (C=O) groups excluding carboxylic acids is 1. The molecule has 5 nitrogen and oxygen atoms in total. The van der Waals surface area contributed by atoms with Gasteiger partial charge < -0.3 is 10.3 Å². The average molecular weight is 401 g/mol. The number of hydrogen-bond acceptors (Lipinski definition) is 4. The van der Waals surface area contributed by atoms with Crippen LogP contribution in [0, 0.1) is 0 Å². The van der Waals surface area contributed by atoms with E-state index in [1.807, 2.05) is 72.8 Å². The molecule has 1 amide bonds. The van der Waals surface area contributed by atoms with Crippen LogP contribution in [0.25, 0.3) is 22.0 Å². The molecule has 0 radical (unpaired) electrons. The van der Waals surface area contributed by atoms with Crippen molar-refractivity contribution in [3.63, 3.8) is 0 Å². The first-order valence-electron chi connectivity index (χ1n) is 9.21. The van der Waals surface area contributed by atoms with Crippen LogP contribution in [0.3, 0.4) is 0 Å². The summed E-state index contributed by atoms with van der Waals surface area (Å²) in [4.78, 5) is 31.9. The number of rotatable bonds is 5. The molecule has 0 aliphatic rings. The second-order valence-electron chi connectivity index (χ2n) is 6.61. The zero-order valence-corrected chi connectivity index (χ0v) is 16.6. The van der Waals surface area contributed by atoms with Gasteiger partial charge in [0.25, 0.3) is 5.56 Å². The molecule has 0 unspecified atom stereocenters. The van der Waals surface area contributed by atoms with Crippen molar-refractivity contribution in [1.29, 1.82) is 0 Å². The van der Waals surface area contributed by atoms with Crippen molar-refractivity contribution >= 4 is 34.1 Å². The molecule has 6 heteroatoms. The predicted molar refractivity (Wildman–Crippen MR) is 118 cm³/mol. The largest absolute Gasteiger partial charge is 0.325 e. The molecule has 1 atom stereocenters. The third kappa shape index (κ3) is 4.55. The van der Waals surface area contributed by atoms with Crippen LogP contribution in [0.4, 0.5) is 5.69 Å². The molecule has 0 saturated heterocycles. The lowest BCUT2D eigenvalue weighted by atomic mass is 10.1. The first-order valence-corrected chi connectivity index (χ1v) is 10.1. The molecule has 4 aromatic rings. The van der Waals surface area contributed by atoms with Gasteiger partial charge in [0.05, 0.1) is 10.9 Å². The predicted octanol–water partition coefficient (Wildman–Crippen LogP) is 4.71. The van der Waals surface area contributed by atoms with E-state index >= 15 is 0 Å². The van der Waals surface area contributed by atoms with Crippen LogP contribution in [-0.2, 0) is 4.79 Å². The van der Waals surface area contributed by atoms with E-state index in [0.717, 1.165) is 22.0 Å². The van der Waals surface area contributed by atoms with Gasteiger partial charge in [-0.2, -0.15) is 0 Å². The normalized spacial score (nSPS) is 11.9. The van der Waals surface area contributed by atoms with Crippen molar-refractivity contribution in [3.05, 3.63) is 89.2 Å². The molecule has 29 heavy (non-hydrogen) atoms. The number of thioether (sulfide) groups is 1. The van der Waals surface area contributed by atoms with Crippen molar-refractivity contribution in [2.45, 2.75) is 17.3 Å². The Labute approximate surface area is 172 Å². The van der Waals surface area contributed by atoms with Crippen molar-refractivity contribution in [2.75, 3.05) is 5.32 Å². The van der Waals surface area contributed by atoms with Gasteiger partial charge in [0.2, 0.25) is 5.91 Å². The molecule has 0 spiro atoms. The van der Waals surface area contributed by atoms with Gasteiger partial charge in [0.1, 0.15) is 0 Å². The molecule has 0 aliphatic carbocycles. The van der Waals surface area contributed by atoms with Gasteiger partial charge in [-0.05, 0) is 29.8 Å². The minimum Gasteiger partial charge on any atom is -0.325 e. The molecule has 0 saturated carbocycles. The van der Waals surface area contributed by atoms with Gasteiger partial charge in [-0.1, -0.05) is 72.4 Å². The smallest absolute Gasteiger partial charge is 0.252 e. The summed E-state index contributed by atoms with van der Waals surface area (Å²) in [6.07, 6.45) is 0. The fourth-order valence-electron chi connectivity index (χ4n) is 2.98. The van der Waals surface area contributed by atoms with Gasteiger partial charge in [-0.15, -0.1) is 0 Å². The number of nitrogens with zero attached hydrogens (tertiary/aromatic N) is 1. The van der Waals surface area contributed by atoms with Crippen molar-refractivity contribution in [2.24, 2.45) is 0 Å². The minimum atomic E-state index is -0.435. The number of aromatic nitrogens is 2. The Kier molecular flexibility index (Phi) is 5.44. The summed E-state index contributed by atoms with van der Waals surface area (Å²) < 4.78 is 0. The van der Waals surface area contributed by atoms with Crippen LogP contribution >= 0.6 is 11.8 Å². The number of amides is 1. The van der Waals surface area contributed by atoms with E-state index in [1.165, 1.54) is 17.8 Å². The van der Waals surface area contributed by atoms with Crippen LogP contribution in [0.2, 0.25) is 0 Å². The monoisotopic (exact) mass is 401 g/mol. The Morgan fingerprint density at radius 1 is 0.966 bits per heavy atom. The fraction of sp³-hybridized carbons (Fsp3) is 0.0870. The second kappa shape index (κ2) is 8.32. The van der Waals surface area contributed by atoms with Gasteiger partial charge >= 0.3 is 0 Å². The maximum Gasteiger partial charge on any atom is 0.252 e. The highest BCUT2D eigenvalue weighted by atomic mass is 32.2. The zero-order chi connectivity index (χ0) is 20.2. The van der Waals surface area contributed by atoms with E-state index in [0.29, 0.717) is 10.9 Å². The third-order valence-corrected chi connectivity index (χ3v) is 5.45. The van der Waals surface area contributed by atoms with Crippen LogP contribution in [0.1, 0.15) is 6.92 Å². The lowest BCUT2D eigenvalue weighted by Gasteiger charge is -2.12. The summed E-state index contributed by atoms with van der Waals surface area (Å²) in [6, 6.07) is 24.7. The summed E-state index contributed by atoms with van der Waals surface area (Å²) in [6.45, 7) is 1.79. The third-order valence-electron chi connectivity index (χ3n) is 4.46. The highest BCUT2D eigenvalue weighted by molar-refractivity contribution is 8.00. The van der Waals surface area contributed by atoms with Crippen LogP contribution in [0.5, 0.6) is 0 Å². The number of anilines is 1. The number of H-pyrrole nitrogens is 1. The van der Waals surface area contributed by atoms with Crippen LogP contribution in [-0.4, -0.2) is 21.1 Å². The Bertz CT molecular complexity index is 1220. The quantitative estimate of drug-likeness (QED) is 0.375. The molecule has 144 valence electrons. The van der Waals surface area contributed by atoms with Gasteiger partial charge in [0, 0.05) is 17.3 Å². The van der Waals surface area contributed by atoms with Gasteiger partial charge in [-0.3, -0.25) is 9.59 Å². The average Bonchev–Trinajstić information content (AvgIpc) is 2.74. The second-order valence-corrected chi connectivity index (χ2v) is 7.94. The number of hydrogen-bond donors (Lipinski definition) is 2. The first kappa shape index (κ1) is 19.0. The lowest BCUT2D eigenvalue weighted by molar-refractivity contribution is -0.115. The summed E-state index contributed by atoms with van der Waals surface area (Å²) in [5, 5.41) is 5.10. The number of nitrogens with one attached hydrogen (secondary N) is 2. The van der Waals surface area contributed by atoms with Crippen LogP contribution < -0.4 is 10.9 Å². The SMILES string of the molecule is C[C@H](Sc1nc(-c2ccccc2)cc(=O)[nH]1)C(=O)Nc1ccc2ccccc2c1. The highest BCUT2D eigenvalue weighted by Gasteiger charge is 2.17. The van der Waals surface area contributed by atoms with E-state index in [9.17, 15) is 9.59 Å². The minimum absolute atomic E-state index is 0.155. The Morgan fingerprint density at radius 3 is 2.48 bits per heavy atom. The number of fused-ring (bicyclic) bond motifs is 1. The van der Waals surface area contributed by atoms with E-state index in [-0.39, 0.29) is 11.5 Å². The molecule has 3 aromatic carbocycles. The molecule has 2 N–H and O–H groups in total. The highest BCUT2D eigenvalue weighted by Crippen LogP contribution is 2.24. The topological polar surface area (TPSA) is 74.8 Å². The molecule has 1 heterocycles. The summed E-state index contributed by atoms with van der Waals surface area (Å²) in [5.41, 5.74) is 1.93. The van der Waals surface area contributed by atoms with E-state index < -0.39 is 5.25 Å². The van der Waals surface area contributed by atoms with Gasteiger partial charge in [0.15, 0.2) is 5.16 Å². The Balaban J connectivity index is 1.49. The Morgan fingerprint density at radius 2 is 1.69 bits per heavy atom. The molecule has 0 aliphatic heterocycles. The first-order chi connectivity index (χ1) is 14.1. The van der Waals surface area contributed by atoms with Gasteiger partial charge in [-0.25, -0.2) is 4.98 Å². The molecule has 4 rings (SSSR count). The number of aromatic amines is 1. The van der Waals surface area contributed by atoms with Crippen molar-refractivity contribution < 1.29 is 4.79 Å². The molecule has 0 fully saturated rings. The molecular formula is C23H19N3O2S. The van der Waals surface area contributed by atoms with Crippen molar-refractivity contribution in [3.8, 4) is 11.3 Å². The summed E-state index contributed by atoms with van der Waals surface area (Å²) in [5.74, 6) is -0.155. The zero-order valence-electron chi connectivity index (χ0n) is 15.8. The lowest BCUT2D eigenvalue weighted by Crippen LogP contribution is -2.23. The van der Waals surface area contributed by atoms with E-state index in [1.54, 1.807) is 6.92 Å². The molecule has 1 aromatic heterocycles. The molecular weight excluding hydrogens is 382 g/mol. The summed E-state index contributed by atoms with van der Waals surface area (Å²) >= 11 is 1.22. The Hall–Kier alpha value is -3.38. The van der Waals surface area contributed by atoms with E-state index in [2.05, 4.69) is 15.3 Å². The van der Waals surface area contributed by atoms with E-state index in [4.69, 9.17) is 0 Å². The van der Waals surface area contributed by atoms with Crippen molar-refractivity contribution in [1.82, 2.24) is 9.97 Å². The fourth-order valence-corrected chi connectivity index (χ4v) is 3.79. The molecule has 0 bridgehead atoms. The number of carbonyl (C=O) groups is 1. The standard InChI is InChI=1S/C23H19N3O2S/c1-15(22(28)24-19-12-11-16-7-5-6-10-18(16)13-19)29-23-25-20(14-21(27)26-23)17-8-3-2-4-9-17/h2-15H,1H3,(H,24,28)(H,25,26,27)/t15-/m0/s1. The maximum atomic E-state index is 12.6. The van der Waals surface area contributed by atoms with Crippen LogP contribution in [0.15, 0.2) is 88.8 Å². The summed E-state index contributed by atoms with van der Waals surface area (Å²) in [7, 11) is 0. The number of benzene rings is 3. The maximum absolute atomic E-state index is 12.6.